The van der Waals surface area contributed by atoms with E-state index in [1.165, 1.54) is 30.5 Å². The predicted molar refractivity (Wildman–Crippen MR) is 78.5 cm³/mol. The largest absolute Gasteiger partial charge is 0.478 e. The Morgan fingerprint density at radius 1 is 1.19 bits per heavy atom. The Labute approximate surface area is 130 Å². The van der Waals surface area contributed by atoms with Gasteiger partial charge in [0.2, 0.25) is 0 Å². The number of rotatable bonds is 4. The molecule has 110 valence electrons. The smallest absolute Gasteiger partial charge is 0.339 e. The maximum atomic E-state index is 12.2. The molecule has 0 radical (unpaired) electrons. The standard InChI is InChI=1S/C12H8Cl2N2O4S/c13-8-3-4-9(14)11(10(8)12(17)18)16-21(19,20)7-2-1-5-15-6-7/h1-6,16H,(H,17,18). The average Bonchev–Trinajstić information content (AvgIpc) is 2.43. The summed E-state index contributed by atoms with van der Waals surface area (Å²) < 4.78 is 26.5. The van der Waals surface area contributed by atoms with Gasteiger partial charge in [-0.15, -0.1) is 0 Å². The first-order valence-corrected chi connectivity index (χ1v) is 7.71. The zero-order valence-electron chi connectivity index (χ0n) is 10.2. The lowest BCUT2D eigenvalue weighted by molar-refractivity contribution is 0.0698. The number of carbonyl (C=O) groups is 1. The van der Waals surface area contributed by atoms with Crippen LogP contribution in [0.25, 0.3) is 0 Å². The van der Waals surface area contributed by atoms with E-state index in [0.29, 0.717) is 0 Å². The van der Waals surface area contributed by atoms with Crippen LogP contribution < -0.4 is 4.72 Å². The van der Waals surface area contributed by atoms with Crippen molar-refractivity contribution in [3.63, 3.8) is 0 Å². The molecular weight excluding hydrogens is 339 g/mol. The Morgan fingerprint density at radius 3 is 2.43 bits per heavy atom. The molecule has 9 heteroatoms. The van der Waals surface area contributed by atoms with Crippen LogP contribution >= 0.6 is 23.2 Å². The quantitative estimate of drug-likeness (QED) is 0.887. The lowest BCUT2D eigenvalue weighted by atomic mass is 10.2. The number of nitrogens with one attached hydrogen (secondary N) is 1. The number of carboxylic acid groups (broad SMARTS) is 1. The molecule has 0 aliphatic rings. The minimum atomic E-state index is -4.03. The molecule has 2 N–H and O–H groups in total. The van der Waals surface area contributed by atoms with Gasteiger partial charge < -0.3 is 5.11 Å². The maximum Gasteiger partial charge on any atom is 0.339 e. The van der Waals surface area contributed by atoms with E-state index in [2.05, 4.69) is 9.71 Å². The molecule has 1 heterocycles. The number of aromatic carboxylic acids is 1. The Morgan fingerprint density at radius 2 is 1.86 bits per heavy atom. The first-order chi connectivity index (χ1) is 9.83. The van der Waals surface area contributed by atoms with E-state index in [1.54, 1.807) is 0 Å². The summed E-state index contributed by atoms with van der Waals surface area (Å²) in [5, 5.41) is 8.94. The minimum absolute atomic E-state index is 0.0794. The van der Waals surface area contributed by atoms with Gasteiger partial charge in [0.1, 0.15) is 10.5 Å². The molecule has 0 bridgehead atoms. The van der Waals surface area contributed by atoms with E-state index in [4.69, 9.17) is 28.3 Å². The van der Waals surface area contributed by atoms with Gasteiger partial charge in [-0.1, -0.05) is 23.2 Å². The average molecular weight is 347 g/mol. The van der Waals surface area contributed by atoms with Gasteiger partial charge >= 0.3 is 5.97 Å². The van der Waals surface area contributed by atoms with Gasteiger partial charge in [-0.05, 0) is 24.3 Å². The van der Waals surface area contributed by atoms with E-state index in [9.17, 15) is 13.2 Å². The monoisotopic (exact) mass is 346 g/mol. The molecule has 2 aromatic rings. The van der Waals surface area contributed by atoms with Crippen LogP contribution in [-0.2, 0) is 10.0 Å². The lowest BCUT2D eigenvalue weighted by Gasteiger charge is -2.13. The molecule has 0 aliphatic carbocycles. The zero-order valence-corrected chi connectivity index (χ0v) is 12.6. The van der Waals surface area contributed by atoms with Crippen molar-refractivity contribution in [2.24, 2.45) is 0 Å². The van der Waals surface area contributed by atoms with Crippen molar-refractivity contribution in [1.82, 2.24) is 4.98 Å². The van der Waals surface area contributed by atoms with Crippen molar-refractivity contribution in [2.45, 2.75) is 4.90 Å². The minimum Gasteiger partial charge on any atom is -0.478 e. The molecule has 1 aromatic heterocycles. The van der Waals surface area contributed by atoms with Gasteiger partial charge in [0.25, 0.3) is 10.0 Å². The van der Waals surface area contributed by atoms with Crippen LogP contribution in [0, 0.1) is 0 Å². The van der Waals surface area contributed by atoms with Crippen LogP contribution in [0.2, 0.25) is 10.0 Å². The van der Waals surface area contributed by atoms with Crippen LogP contribution in [0.5, 0.6) is 0 Å². The van der Waals surface area contributed by atoms with Gasteiger partial charge in [0, 0.05) is 12.4 Å². The van der Waals surface area contributed by atoms with E-state index in [0.717, 1.165) is 6.20 Å². The van der Waals surface area contributed by atoms with Gasteiger partial charge in [0.05, 0.1) is 15.7 Å². The van der Waals surface area contributed by atoms with Crippen LogP contribution in [0.1, 0.15) is 10.4 Å². The summed E-state index contributed by atoms with van der Waals surface area (Å²) in [7, 11) is -4.03. The summed E-state index contributed by atoms with van der Waals surface area (Å²) in [5.41, 5.74) is -0.711. The van der Waals surface area contributed by atoms with E-state index >= 15 is 0 Å². The first kappa shape index (κ1) is 15.6. The van der Waals surface area contributed by atoms with E-state index in [-0.39, 0.29) is 20.6 Å². The number of halogens is 2. The fraction of sp³-hybridized carbons (Fsp3) is 0. The van der Waals surface area contributed by atoms with Crippen molar-refractivity contribution in [3.05, 3.63) is 52.3 Å². The highest BCUT2D eigenvalue weighted by Crippen LogP contribution is 2.33. The number of carboxylic acids is 1. The summed E-state index contributed by atoms with van der Waals surface area (Å²) in [6.07, 6.45) is 2.54. The molecule has 2 rings (SSSR count). The maximum absolute atomic E-state index is 12.2. The molecule has 0 amide bonds. The molecule has 21 heavy (non-hydrogen) atoms. The topological polar surface area (TPSA) is 96.4 Å². The number of hydrogen-bond acceptors (Lipinski definition) is 4. The molecule has 1 aromatic carbocycles. The van der Waals surface area contributed by atoms with Crippen LogP contribution in [0.4, 0.5) is 5.69 Å². The fourth-order valence-electron chi connectivity index (χ4n) is 1.56. The fourth-order valence-corrected chi connectivity index (χ4v) is 3.12. The predicted octanol–water partition coefficient (Wildman–Crippen LogP) is 2.89. The Hall–Kier alpha value is -1.83. The second-order valence-corrected chi connectivity index (χ2v) is 6.38. The number of nitrogens with zero attached hydrogens (tertiary/aromatic N) is 1. The number of aromatic nitrogens is 1. The Kier molecular flexibility index (Phi) is 4.36. The van der Waals surface area contributed by atoms with Crippen LogP contribution in [-0.4, -0.2) is 24.5 Å². The molecular formula is C12H8Cl2N2O4S. The zero-order chi connectivity index (χ0) is 15.6. The highest BCUT2D eigenvalue weighted by atomic mass is 35.5. The first-order valence-electron chi connectivity index (χ1n) is 5.47. The summed E-state index contributed by atoms with van der Waals surface area (Å²) >= 11 is 11.7. The Balaban J connectivity index is 2.55. The summed E-state index contributed by atoms with van der Waals surface area (Å²) in [6, 6.07) is 5.33. The van der Waals surface area contributed by atoms with Crippen molar-refractivity contribution in [2.75, 3.05) is 4.72 Å². The summed E-state index contributed by atoms with van der Waals surface area (Å²) in [5.74, 6) is -1.40. The third-order valence-electron chi connectivity index (χ3n) is 2.50. The van der Waals surface area contributed by atoms with Gasteiger partial charge in [-0.2, -0.15) is 0 Å². The Bertz CT molecular complexity index is 794. The molecule has 0 unspecified atom stereocenters. The van der Waals surface area contributed by atoms with Crippen molar-refractivity contribution in [1.29, 1.82) is 0 Å². The molecule has 0 atom stereocenters. The number of hydrogen-bond donors (Lipinski definition) is 2. The van der Waals surface area contributed by atoms with Crippen LogP contribution in [0.3, 0.4) is 0 Å². The van der Waals surface area contributed by atoms with Gasteiger partial charge in [0.15, 0.2) is 0 Å². The number of sulfonamides is 1. The molecule has 0 aliphatic heterocycles. The third kappa shape index (κ3) is 3.26. The number of anilines is 1. The van der Waals surface area contributed by atoms with Crippen molar-refractivity contribution >= 4 is 44.9 Å². The van der Waals surface area contributed by atoms with Gasteiger partial charge in [-0.25, -0.2) is 13.2 Å². The lowest BCUT2D eigenvalue weighted by Crippen LogP contribution is -2.16. The summed E-state index contributed by atoms with van der Waals surface area (Å²) in [4.78, 5) is 14.8. The molecule has 0 saturated carbocycles. The van der Waals surface area contributed by atoms with Crippen molar-refractivity contribution in [3.8, 4) is 0 Å². The molecule has 0 saturated heterocycles. The highest BCUT2D eigenvalue weighted by Gasteiger charge is 2.23. The number of pyridine rings is 1. The van der Waals surface area contributed by atoms with Gasteiger partial charge in [-0.3, -0.25) is 9.71 Å². The molecule has 0 fully saturated rings. The van der Waals surface area contributed by atoms with Crippen molar-refractivity contribution < 1.29 is 18.3 Å². The highest BCUT2D eigenvalue weighted by molar-refractivity contribution is 7.92. The molecule has 6 nitrogen and oxygen atoms in total. The second-order valence-electron chi connectivity index (χ2n) is 3.88. The van der Waals surface area contributed by atoms with Crippen LogP contribution in [0.15, 0.2) is 41.6 Å². The van der Waals surface area contributed by atoms with E-state index in [1.807, 2.05) is 0 Å². The molecule has 0 spiro atoms. The van der Waals surface area contributed by atoms with E-state index < -0.39 is 21.6 Å². The SMILES string of the molecule is O=C(O)c1c(Cl)ccc(Cl)c1NS(=O)(=O)c1cccnc1. The summed E-state index contributed by atoms with van der Waals surface area (Å²) in [6.45, 7) is 0. The second kappa shape index (κ2) is 5.88. The third-order valence-corrected chi connectivity index (χ3v) is 4.46. The normalized spacial score (nSPS) is 11.1. The number of benzene rings is 1.